The van der Waals surface area contributed by atoms with Gasteiger partial charge in [-0.3, -0.25) is 9.78 Å². The van der Waals surface area contributed by atoms with Crippen molar-refractivity contribution in [2.45, 2.75) is 31.5 Å². The number of amides is 1. The lowest BCUT2D eigenvalue weighted by Crippen LogP contribution is -2.43. The molecule has 0 saturated carbocycles. The minimum Gasteiger partial charge on any atom is -0.435 e. The minimum absolute atomic E-state index is 0.0683. The van der Waals surface area contributed by atoms with Gasteiger partial charge in [0.25, 0.3) is 0 Å². The fourth-order valence-corrected chi connectivity index (χ4v) is 3.79. The molecule has 1 aromatic carbocycles. The molecule has 184 valence electrons. The molecule has 3 heterocycles. The van der Waals surface area contributed by atoms with Crippen LogP contribution in [0.5, 0.6) is 5.75 Å². The predicted molar refractivity (Wildman–Crippen MR) is 123 cm³/mol. The largest absolute Gasteiger partial charge is 0.435 e. The molecule has 1 unspecified atom stereocenters. The zero-order valence-electron chi connectivity index (χ0n) is 18.7. The number of ether oxygens (including phenoxy) is 1. The van der Waals surface area contributed by atoms with Gasteiger partial charge in [-0.2, -0.15) is 8.78 Å². The molecule has 0 aliphatic carbocycles. The summed E-state index contributed by atoms with van der Waals surface area (Å²) in [5.74, 6) is -0.589. The Labute approximate surface area is 200 Å². The molecule has 2 aromatic heterocycles. The highest BCUT2D eigenvalue weighted by Gasteiger charge is 2.29. The minimum atomic E-state index is -2.88. The van der Waals surface area contributed by atoms with E-state index in [1.54, 1.807) is 41.6 Å². The smallest absolute Gasteiger partial charge is 0.387 e. The average Bonchev–Trinajstić information content (AvgIpc) is 2.86. The van der Waals surface area contributed by atoms with E-state index < -0.39 is 12.5 Å². The van der Waals surface area contributed by atoms with Crippen LogP contribution in [0.2, 0.25) is 0 Å². The van der Waals surface area contributed by atoms with Gasteiger partial charge >= 0.3 is 6.61 Å². The Kier molecular flexibility index (Phi) is 7.78. The Balaban J connectivity index is 1.38. The number of pyridine rings is 1. The van der Waals surface area contributed by atoms with Gasteiger partial charge in [-0.1, -0.05) is 12.1 Å². The number of aliphatic hydroxyl groups excluding tert-OH is 2. The number of nitrogens with one attached hydrogen (secondary N) is 1. The van der Waals surface area contributed by atoms with Crippen LogP contribution in [0.3, 0.4) is 0 Å². The van der Waals surface area contributed by atoms with Crippen molar-refractivity contribution in [2.75, 3.05) is 25.0 Å². The summed E-state index contributed by atoms with van der Waals surface area (Å²) in [6.07, 6.45) is 5.38. The maximum absolute atomic E-state index is 12.8. The number of hydrogen-bond acceptors (Lipinski definition) is 8. The fraction of sp³-hybridized carbons (Fsp3) is 0.333. The van der Waals surface area contributed by atoms with E-state index >= 15 is 0 Å². The first-order valence-electron chi connectivity index (χ1n) is 11.1. The quantitative estimate of drug-likeness (QED) is 0.446. The zero-order chi connectivity index (χ0) is 24.8. The highest BCUT2D eigenvalue weighted by molar-refractivity contribution is 5.83. The van der Waals surface area contributed by atoms with Crippen molar-refractivity contribution in [1.82, 2.24) is 19.9 Å². The SMILES string of the molecule is O=C(C(CO)c1ccc(Nc2ncc(-c3ccc(OC(F)F)cc3)cn2)cn1)N1CCC(O)CC1. The summed E-state index contributed by atoms with van der Waals surface area (Å²) < 4.78 is 28.9. The number of benzene rings is 1. The third-order valence-corrected chi connectivity index (χ3v) is 5.72. The van der Waals surface area contributed by atoms with Gasteiger partial charge in [0.1, 0.15) is 11.7 Å². The van der Waals surface area contributed by atoms with Crippen molar-refractivity contribution in [3.05, 3.63) is 60.7 Å². The average molecular weight is 485 g/mol. The van der Waals surface area contributed by atoms with E-state index in [1.165, 1.54) is 18.3 Å². The molecule has 3 N–H and O–H groups in total. The normalized spacial score (nSPS) is 15.2. The van der Waals surface area contributed by atoms with Gasteiger partial charge in [0.05, 0.1) is 30.3 Å². The third-order valence-electron chi connectivity index (χ3n) is 5.72. The van der Waals surface area contributed by atoms with Crippen molar-refractivity contribution < 1.29 is 28.5 Å². The van der Waals surface area contributed by atoms with Crippen LogP contribution in [0, 0.1) is 0 Å². The van der Waals surface area contributed by atoms with Gasteiger partial charge in [-0.05, 0) is 42.7 Å². The van der Waals surface area contributed by atoms with Crippen molar-refractivity contribution in [1.29, 1.82) is 0 Å². The van der Waals surface area contributed by atoms with Crippen molar-refractivity contribution in [2.24, 2.45) is 0 Å². The van der Waals surface area contributed by atoms with Crippen LogP contribution in [0.4, 0.5) is 20.4 Å². The zero-order valence-corrected chi connectivity index (χ0v) is 18.7. The summed E-state index contributed by atoms with van der Waals surface area (Å²) in [6.45, 7) is -2.33. The molecule has 1 saturated heterocycles. The molecule has 4 rings (SSSR count). The van der Waals surface area contributed by atoms with Gasteiger partial charge in [-0.25, -0.2) is 9.97 Å². The van der Waals surface area contributed by atoms with Crippen LogP contribution in [0.25, 0.3) is 11.1 Å². The first kappa shape index (κ1) is 24.4. The lowest BCUT2D eigenvalue weighted by atomic mass is 10.0. The maximum Gasteiger partial charge on any atom is 0.387 e. The maximum atomic E-state index is 12.8. The summed E-state index contributed by atoms with van der Waals surface area (Å²) in [6, 6.07) is 9.54. The van der Waals surface area contributed by atoms with Crippen LogP contribution in [-0.4, -0.2) is 68.4 Å². The molecule has 11 heteroatoms. The molecule has 1 fully saturated rings. The molecule has 3 aromatic rings. The van der Waals surface area contributed by atoms with Crippen LogP contribution >= 0.6 is 0 Å². The van der Waals surface area contributed by atoms with Crippen LogP contribution in [-0.2, 0) is 4.79 Å². The molecule has 35 heavy (non-hydrogen) atoms. The van der Waals surface area contributed by atoms with Crippen molar-refractivity contribution in [3.8, 4) is 16.9 Å². The second-order valence-electron chi connectivity index (χ2n) is 8.09. The van der Waals surface area contributed by atoms with Crippen molar-refractivity contribution in [3.63, 3.8) is 0 Å². The fourth-order valence-electron chi connectivity index (χ4n) is 3.79. The Morgan fingerprint density at radius 1 is 1.03 bits per heavy atom. The van der Waals surface area contributed by atoms with Crippen LogP contribution in [0.15, 0.2) is 55.0 Å². The number of aromatic nitrogens is 3. The Bertz CT molecular complexity index is 1110. The van der Waals surface area contributed by atoms with Crippen molar-refractivity contribution >= 4 is 17.5 Å². The molecule has 9 nitrogen and oxygen atoms in total. The van der Waals surface area contributed by atoms with E-state index in [4.69, 9.17) is 0 Å². The number of hydrogen-bond donors (Lipinski definition) is 3. The van der Waals surface area contributed by atoms with Gasteiger partial charge in [0.2, 0.25) is 11.9 Å². The molecule has 0 radical (unpaired) electrons. The number of halogens is 2. The first-order valence-corrected chi connectivity index (χ1v) is 11.1. The van der Waals surface area contributed by atoms with Crippen LogP contribution in [0.1, 0.15) is 24.5 Å². The highest BCUT2D eigenvalue weighted by atomic mass is 19.3. The second kappa shape index (κ2) is 11.2. The van der Waals surface area contributed by atoms with E-state index in [2.05, 4.69) is 25.0 Å². The Morgan fingerprint density at radius 3 is 2.29 bits per heavy atom. The number of likely N-dealkylation sites (tertiary alicyclic amines) is 1. The van der Waals surface area contributed by atoms with Gasteiger partial charge in [0.15, 0.2) is 0 Å². The number of piperidine rings is 1. The number of aliphatic hydroxyl groups is 2. The van der Waals surface area contributed by atoms with Gasteiger partial charge in [0, 0.05) is 31.0 Å². The van der Waals surface area contributed by atoms with E-state index in [0.29, 0.717) is 48.8 Å². The third kappa shape index (κ3) is 6.25. The molecular weight excluding hydrogens is 460 g/mol. The number of carbonyl (C=O) groups is 1. The molecule has 1 aliphatic rings. The standard InChI is InChI=1S/C24H25F2N5O4/c25-23(26)35-19-4-1-15(2-5-19)16-11-28-24(29-12-16)30-17-3-6-21(27-13-17)20(14-32)22(34)31-9-7-18(33)8-10-31/h1-6,11-13,18,20,23,32-33H,7-10,14H2,(H,28,29,30). The van der Waals surface area contributed by atoms with E-state index in [1.807, 2.05) is 0 Å². The van der Waals surface area contributed by atoms with E-state index in [0.717, 1.165) is 5.56 Å². The summed E-state index contributed by atoms with van der Waals surface area (Å²) in [5.41, 5.74) is 2.49. The topological polar surface area (TPSA) is 121 Å². The number of nitrogens with zero attached hydrogens (tertiary/aromatic N) is 4. The highest BCUT2D eigenvalue weighted by Crippen LogP contribution is 2.24. The number of carbonyl (C=O) groups excluding carboxylic acids is 1. The molecule has 0 bridgehead atoms. The summed E-state index contributed by atoms with van der Waals surface area (Å²) in [4.78, 5) is 27.3. The van der Waals surface area contributed by atoms with Gasteiger partial charge < -0.3 is 25.2 Å². The number of rotatable bonds is 8. The summed E-state index contributed by atoms with van der Waals surface area (Å²) in [7, 11) is 0. The Morgan fingerprint density at radius 2 is 1.71 bits per heavy atom. The van der Waals surface area contributed by atoms with Gasteiger partial charge in [-0.15, -0.1) is 0 Å². The lowest BCUT2D eigenvalue weighted by molar-refractivity contribution is -0.135. The molecular formula is C24H25F2N5O4. The number of alkyl halides is 2. The summed E-state index contributed by atoms with van der Waals surface area (Å²) >= 11 is 0. The molecule has 1 aliphatic heterocycles. The van der Waals surface area contributed by atoms with E-state index in [9.17, 15) is 23.8 Å². The Hall–Kier alpha value is -3.70. The van der Waals surface area contributed by atoms with E-state index in [-0.39, 0.29) is 24.4 Å². The number of anilines is 2. The van der Waals surface area contributed by atoms with Crippen LogP contribution < -0.4 is 10.1 Å². The first-order chi connectivity index (χ1) is 16.9. The summed E-state index contributed by atoms with van der Waals surface area (Å²) in [5, 5.41) is 22.5. The molecule has 0 spiro atoms. The monoisotopic (exact) mass is 485 g/mol. The second-order valence-corrected chi connectivity index (χ2v) is 8.09. The predicted octanol–water partition coefficient (Wildman–Crippen LogP) is 2.94. The molecule has 1 amide bonds. The molecule has 1 atom stereocenters. The lowest BCUT2D eigenvalue weighted by Gasteiger charge is -2.31.